The summed E-state index contributed by atoms with van der Waals surface area (Å²) in [4.78, 5) is 11.7. The number of hydrogen-bond donors (Lipinski definition) is 2. The SMILES string of the molecule is C[C@H]([NH2+]Cc1cc(=O)oc2cc(O)ccc12)c1ccc(Cl)cc1Cl. The molecule has 1 heterocycles. The van der Waals surface area contributed by atoms with E-state index in [1.54, 1.807) is 18.2 Å². The zero-order valence-electron chi connectivity index (χ0n) is 12.9. The average Bonchev–Trinajstić information content (AvgIpc) is 2.51. The molecule has 6 heteroatoms. The fraction of sp³-hybridized carbons (Fsp3) is 0.167. The third-order valence-corrected chi connectivity index (χ3v) is 4.52. The number of benzene rings is 2. The molecular weight excluding hydrogens is 349 g/mol. The first-order valence-corrected chi connectivity index (χ1v) is 8.23. The summed E-state index contributed by atoms with van der Waals surface area (Å²) in [5.41, 5.74) is 1.76. The van der Waals surface area contributed by atoms with Crippen LogP contribution in [0.15, 0.2) is 51.7 Å². The lowest BCUT2D eigenvalue weighted by atomic mass is 10.1. The Kier molecular flexibility index (Phi) is 4.81. The van der Waals surface area contributed by atoms with Crippen molar-refractivity contribution in [2.24, 2.45) is 0 Å². The summed E-state index contributed by atoms with van der Waals surface area (Å²) >= 11 is 12.2. The van der Waals surface area contributed by atoms with Crippen molar-refractivity contribution in [1.82, 2.24) is 0 Å². The highest BCUT2D eigenvalue weighted by Gasteiger charge is 2.15. The molecule has 1 aromatic heterocycles. The van der Waals surface area contributed by atoms with Gasteiger partial charge in [0.15, 0.2) is 0 Å². The Bertz CT molecular complexity index is 953. The molecular formula is C18H16Cl2NO3+. The molecule has 0 aliphatic heterocycles. The van der Waals surface area contributed by atoms with Crippen LogP contribution in [0.5, 0.6) is 5.75 Å². The van der Waals surface area contributed by atoms with Crippen molar-refractivity contribution in [3.05, 3.63) is 74.1 Å². The van der Waals surface area contributed by atoms with Gasteiger partial charge in [-0.1, -0.05) is 29.3 Å². The van der Waals surface area contributed by atoms with E-state index in [0.29, 0.717) is 22.2 Å². The van der Waals surface area contributed by atoms with Gasteiger partial charge in [-0.2, -0.15) is 0 Å². The van der Waals surface area contributed by atoms with Crippen LogP contribution in [0.1, 0.15) is 24.1 Å². The maximum absolute atomic E-state index is 11.7. The molecule has 0 saturated carbocycles. The van der Waals surface area contributed by atoms with Crippen LogP contribution in [0.2, 0.25) is 10.0 Å². The van der Waals surface area contributed by atoms with Gasteiger partial charge in [-0.15, -0.1) is 0 Å². The van der Waals surface area contributed by atoms with Crippen LogP contribution in [-0.4, -0.2) is 5.11 Å². The van der Waals surface area contributed by atoms with Gasteiger partial charge >= 0.3 is 5.63 Å². The lowest BCUT2D eigenvalue weighted by Crippen LogP contribution is -2.83. The first-order chi connectivity index (χ1) is 11.4. The Morgan fingerprint density at radius 1 is 1.17 bits per heavy atom. The quantitative estimate of drug-likeness (QED) is 0.694. The van der Waals surface area contributed by atoms with Gasteiger partial charge in [0.1, 0.15) is 23.9 Å². The maximum atomic E-state index is 11.7. The Morgan fingerprint density at radius 3 is 2.71 bits per heavy atom. The van der Waals surface area contributed by atoms with Crippen molar-refractivity contribution in [3.8, 4) is 5.75 Å². The zero-order chi connectivity index (χ0) is 17.3. The number of quaternary nitrogens is 1. The molecule has 3 N–H and O–H groups in total. The monoisotopic (exact) mass is 364 g/mol. The van der Waals surface area contributed by atoms with E-state index in [2.05, 4.69) is 5.32 Å². The van der Waals surface area contributed by atoms with E-state index in [9.17, 15) is 9.90 Å². The van der Waals surface area contributed by atoms with E-state index in [1.807, 2.05) is 19.1 Å². The van der Waals surface area contributed by atoms with E-state index < -0.39 is 5.63 Å². The number of nitrogens with two attached hydrogens (primary N) is 1. The lowest BCUT2D eigenvalue weighted by molar-refractivity contribution is -0.707. The van der Waals surface area contributed by atoms with E-state index in [1.165, 1.54) is 12.1 Å². The summed E-state index contributed by atoms with van der Waals surface area (Å²) in [5, 5.41) is 13.6. The van der Waals surface area contributed by atoms with Crippen LogP contribution >= 0.6 is 23.2 Å². The van der Waals surface area contributed by atoms with E-state index in [-0.39, 0.29) is 11.8 Å². The molecule has 0 spiro atoms. The predicted molar refractivity (Wildman–Crippen MR) is 94.7 cm³/mol. The Hall–Kier alpha value is -2.01. The number of phenols is 1. The van der Waals surface area contributed by atoms with Crippen molar-refractivity contribution in [3.63, 3.8) is 0 Å². The highest BCUT2D eigenvalue weighted by atomic mass is 35.5. The van der Waals surface area contributed by atoms with Gasteiger partial charge in [0.05, 0.1) is 5.02 Å². The van der Waals surface area contributed by atoms with Crippen molar-refractivity contribution >= 4 is 34.2 Å². The fourth-order valence-corrected chi connectivity index (χ4v) is 3.27. The molecule has 0 saturated heterocycles. The topological polar surface area (TPSA) is 67.0 Å². The molecule has 3 aromatic rings. The summed E-state index contributed by atoms with van der Waals surface area (Å²) in [5.74, 6) is 0.0630. The normalized spacial score (nSPS) is 12.5. The van der Waals surface area contributed by atoms with Gasteiger partial charge in [-0.25, -0.2) is 4.79 Å². The fourth-order valence-electron chi connectivity index (χ4n) is 2.69. The molecule has 3 rings (SSSR count). The molecule has 2 aromatic carbocycles. The smallest absolute Gasteiger partial charge is 0.336 e. The van der Waals surface area contributed by atoms with Crippen molar-refractivity contribution in [2.45, 2.75) is 19.5 Å². The second-order valence-corrected chi connectivity index (χ2v) is 6.51. The number of rotatable bonds is 4. The molecule has 24 heavy (non-hydrogen) atoms. The number of hydrogen-bond acceptors (Lipinski definition) is 3. The third kappa shape index (κ3) is 3.56. The van der Waals surface area contributed by atoms with E-state index in [4.69, 9.17) is 27.6 Å². The summed E-state index contributed by atoms with van der Waals surface area (Å²) < 4.78 is 5.14. The standard InChI is InChI=1S/C18H15Cl2NO3/c1-10(14-4-2-12(19)7-16(14)20)21-9-11-6-18(23)24-17-8-13(22)3-5-15(11)17/h2-8,10,21-22H,9H2,1H3/p+1/t10-/m0/s1. The zero-order valence-corrected chi connectivity index (χ0v) is 14.4. The second kappa shape index (κ2) is 6.85. The molecule has 0 aliphatic rings. The lowest BCUT2D eigenvalue weighted by Gasteiger charge is -2.13. The van der Waals surface area contributed by atoms with E-state index >= 15 is 0 Å². The van der Waals surface area contributed by atoms with Gasteiger partial charge < -0.3 is 14.8 Å². The first kappa shape index (κ1) is 16.8. The van der Waals surface area contributed by atoms with Crippen LogP contribution in [0.25, 0.3) is 11.0 Å². The van der Waals surface area contributed by atoms with Crippen LogP contribution in [0.4, 0.5) is 0 Å². The number of phenolic OH excluding ortho intramolecular Hbond substituents is 1. The third-order valence-electron chi connectivity index (χ3n) is 3.96. The predicted octanol–water partition coefficient (Wildman–Crippen LogP) is 3.63. The minimum atomic E-state index is -0.436. The maximum Gasteiger partial charge on any atom is 0.336 e. The summed E-state index contributed by atoms with van der Waals surface area (Å²) in [6, 6.07) is 11.8. The molecule has 4 nitrogen and oxygen atoms in total. The summed E-state index contributed by atoms with van der Waals surface area (Å²) in [6.07, 6.45) is 0. The molecule has 0 aliphatic carbocycles. The minimum absolute atomic E-state index is 0.0630. The molecule has 1 atom stereocenters. The second-order valence-electron chi connectivity index (χ2n) is 5.67. The molecule has 0 radical (unpaired) electrons. The van der Waals surface area contributed by atoms with Crippen LogP contribution in [0, 0.1) is 0 Å². The highest BCUT2D eigenvalue weighted by molar-refractivity contribution is 6.35. The molecule has 0 amide bonds. The molecule has 124 valence electrons. The largest absolute Gasteiger partial charge is 0.508 e. The van der Waals surface area contributed by atoms with Crippen molar-refractivity contribution in [2.75, 3.05) is 0 Å². The Morgan fingerprint density at radius 2 is 1.96 bits per heavy atom. The first-order valence-electron chi connectivity index (χ1n) is 7.48. The molecule has 0 fully saturated rings. The highest BCUT2D eigenvalue weighted by Crippen LogP contribution is 2.25. The van der Waals surface area contributed by atoms with Crippen molar-refractivity contribution in [1.29, 1.82) is 0 Å². The van der Waals surface area contributed by atoms with Gasteiger partial charge in [0.25, 0.3) is 0 Å². The van der Waals surface area contributed by atoms with Gasteiger partial charge in [-0.3, -0.25) is 0 Å². The Labute approximate surface area is 148 Å². The molecule has 0 bridgehead atoms. The van der Waals surface area contributed by atoms with Gasteiger partial charge in [-0.05, 0) is 31.2 Å². The Balaban J connectivity index is 1.86. The number of halogens is 2. The van der Waals surface area contributed by atoms with Gasteiger partial charge in [0.2, 0.25) is 0 Å². The number of aromatic hydroxyl groups is 1. The van der Waals surface area contributed by atoms with Crippen LogP contribution in [0.3, 0.4) is 0 Å². The summed E-state index contributed by atoms with van der Waals surface area (Å²) in [6.45, 7) is 2.61. The van der Waals surface area contributed by atoms with Crippen LogP contribution in [-0.2, 0) is 6.54 Å². The van der Waals surface area contributed by atoms with Gasteiger partial charge in [0, 0.05) is 33.7 Å². The average molecular weight is 365 g/mol. The van der Waals surface area contributed by atoms with Crippen molar-refractivity contribution < 1.29 is 14.8 Å². The number of fused-ring (bicyclic) bond motifs is 1. The summed E-state index contributed by atoms with van der Waals surface area (Å²) in [7, 11) is 0. The van der Waals surface area contributed by atoms with E-state index in [0.717, 1.165) is 16.5 Å². The minimum Gasteiger partial charge on any atom is -0.508 e. The van der Waals surface area contributed by atoms with Crippen LogP contribution < -0.4 is 10.9 Å². The molecule has 0 unspecified atom stereocenters.